The smallest absolute Gasteiger partial charge is 0.408 e. The van der Waals surface area contributed by atoms with Crippen LogP contribution in [-0.2, 0) is 10.0 Å². The van der Waals surface area contributed by atoms with Crippen molar-refractivity contribution in [1.82, 2.24) is 14.0 Å². The third-order valence-corrected chi connectivity index (χ3v) is 7.29. The number of benzene rings is 1. The fourth-order valence-corrected chi connectivity index (χ4v) is 5.68. The third kappa shape index (κ3) is 3.53. The Bertz CT molecular complexity index is 1190. The molecule has 9 heteroatoms. The van der Waals surface area contributed by atoms with Gasteiger partial charge in [0.15, 0.2) is 11.3 Å². The number of hydrogen-bond donors (Lipinski definition) is 0. The number of sulfonamides is 1. The van der Waals surface area contributed by atoms with E-state index in [1.807, 2.05) is 20.8 Å². The maximum absolute atomic E-state index is 13.5. The van der Waals surface area contributed by atoms with Crippen LogP contribution >= 0.6 is 0 Å². The molecular weight excluding hydrogens is 394 g/mol. The molecule has 4 rings (SSSR count). The van der Waals surface area contributed by atoms with Crippen molar-refractivity contribution < 1.29 is 17.4 Å². The summed E-state index contributed by atoms with van der Waals surface area (Å²) in [5.74, 6) is 0.0703. The van der Waals surface area contributed by atoms with Crippen LogP contribution in [0.25, 0.3) is 11.1 Å². The van der Waals surface area contributed by atoms with Crippen LogP contribution in [-0.4, -0.2) is 29.0 Å². The molecule has 0 N–H and O–H groups in total. The number of aryl methyl sites for hydroxylation is 1. The second-order valence-corrected chi connectivity index (χ2v) is 9.70. The molecule has 3 heterocycles. The van der Waals surface area contributed by atoms with Gasteiger partial charge in [0.2, 0.25) is 10.0 Å². The van der Waals surface area contributed by atoms with Crippen LogP contribution in [0, 0.1) is 6.92 Å². The summed E-state index contributed by atoms with van der Waals surface area (Å²) in [5.41, 5.74) is 1.58. The van der Waals surface area contributed by atoms with Crippen molar-refractivity contribution in [3.05, 3.63) is 46.3 Å². The van der Waals surface area contributed by atoms with E-state index in [1.165, 1.54) is 14.9 Å². The van der Waals surface area contributed by atoms with E-state index in [0.29, 0.717) is 24.2 Å². The first-order valence-electron chi connectivity index (χ1n) is 9.89. The highest BCUT2D eigenvalue weighted by Crippen LogP contribution is 2.35. The molecule has 29 heavy (non-hydrogen) atoms. The van der Waals surface area contributed by atoms with Crippen LogP contribution in [0.1, 0.15) is 63.1 Å². The van der Waals surface area contributed by atoms with Crippen molar-refractivity contribution >= 4 is 21.1 Å². The minimum absolute atomic E-state index is 0.0871. The van der Waals surface area contributed by atoms with Gasteiger partial charge in [-0.1, -0.05) is 18.0 Å². The molecule has 8 nitrogen and oxygen atoms in total. The molecule has 1 unspecified atom stereocenters. The molecule has 156 valence electrons. The largest absolute Gasteiger partial charge is 0.420 e. The predicted octanol–water partition coefficient (Wildman–Crippen LogP) is 3.78. The van der Waals surface area contributed by atoms with E-state index in [-0.39, 0.29) is 16.5 Å². The van der Waals surface area contributed by atoms with Gasteiger partial charge in [0.1, 0.15) is 0 Å². The summed E-state index contributed by atoms with van der Waals surface area (Å²) in [5, 5.41) is 3.93. The number of oxazole rings is 1. The van der Waals surface area contributed by atoms with Crippen molar-refractivity contribution in [2.24, 2.45) is 0 Å². The van der Waals surface area contributed by atoms with Crippen molar-refractivity contribution in [1.29, 1.82) is 0 Å². The van der Waals surface area contributed by atoms with Crippen molar-refractivity contribution in [3.63, 3.8) is 0 Å². The topological polar surface area (TPSA) is 98.6 Å². The summed E-state index contributed by atoms with van der Waals surface area (Å²) in [4.78, 5) is 12.3. The minimum Gasteiger partial charge on any atom is -0.408 e. The van der Waals surface area contributed by atoms with Crippen LogP contribution in [0.2, 0.25) is 0 Å². The molecule has 3 aromatic rings. The zero-order valence-corrected chi connectivity index (χ0v) is 17.6. The van der Waals surface area contributed by atoms with Gasteiger partial charge in [-0.25, -0.2) is 13.2 Å². The summed E-state index contributed by atoms with van der Waals surface area (Å²) >= 11 is 0. The molecule has 0 aliphatic carbocycles. The van der Waals surface area contributed by atoms with E-state index in [0.717, 1.165) is 25.0 Å². The Balaban J connectivity index is 1.78. The molecule has 1 aromatic carbocycles. The number of aromatic nitrogens is 2. The number of rotatable bonds is 4. The van der Waals surface area contributed by atoms with Crippen LogP contribution in [0.15, 0.2) is 42.9 Å². The summed E-state index contributed by atoms with van der Waals surface area (Å²) in [7, 11) is -3.81. The SMILES string of the molecule is Cc1cc(C2CCCCCN2S(=O)(=O)c2ccc3c(c2)oc(=O)n3C(C)C)on1. The van der Waals surface area contributed by atoms with Gasteiger partial charge >= 0.3 is 5.76 Å². The number of hydrogen-bond acceptors (Lipinski definition) is 6. The maximum atomic E-state index is 13.5. The first-order valence-corrected chi connectivity index (χ1v) is 11.3. The van der Waals surface area contributed by atoms with Gasteiger partial charge in [0.25, 0.3) is 0 Å². The predicted molar refractivity (Wildman–Crippen MR) is 107 cm³/mol. The van der Waals surface area contributed by atoms with E-state index >= 15 is 0 Å². The van der Waals surface area contributed by atoms with Gasteiger partial charge in [0, 0.05) is 24.7 Å². The van der Waals surface area contributed by atoms with Gasteiger partial charge in [-0.05, 0) is 45.7 Å². The van der Waals surface area contributed by atoms with Gasteiger partial charge in [-0.2, -0.15) is 4.31 Å². The minimum atomic E-state index is -3.81. The van der Waals surface area contributed by atoms with Crippen molar-refractivity contribution in [3.8, 4) is 0 Å². The highest BCUT2D eigenvalue weighted by Gasteiger charge is 2.36. The average molecular weight is 420 g/mol. The summed E-state index contributed by atoms with van der Waals surface area (Å²) in [6, 6.07) is 5.93. The standard InChI is InChI=1S/C20H25N3O5S/c1-13(2)23-17-9-8-15(12-18(17)27-20(23)24)29(25,26)22-10-6-4-5-7-16(22)19-11-14(3)21-28-19/h8-9,11-13,16H,4-7,10H2,1-3H3. The molecule has 0 saturated carbocycles. The molecule has 1 aliphatic heterocycles. The fraction of sp³-hybridized carbons (Fsp3) is 0.500. The fourth-order valence-electron chi connectivity index (χ4n) is 4.00. The second kappa shape index (κ2) is 7.46. The highest BCUT2D eigenvalue weighted by atomic mass is 32.2. The van der Waals surface area contributed by atoms with Gasteiger partial charge in [0.05, 0.1) is 22.1 Å². The van der Waals surface area contributed by atoms with E-state index in [4.69, 9.17) is 8.94 Å². The molecule has 0 bridgehead atoms. The Hall–Kier alpha value is -2.39. The van der Waals surface area contributed by atoms with E-state index < -0.39 is 21.8 Å². The maximum Gasteiger partial charge on any atom is 0.420 e. The van der Waals surface area contributed by atoms with Crippen LogP contribution in [0.4, 0.5) is 0 Å². The Morgan fingerprint density at radius 3 is 2.66 bits per heavy atom. The lowest BCUT2D eigenvalue weighted by Gasteiger charge is -2.27. The average Bonchev–Trinajstić information content (AvgIpc) is 3.13. The lowest BCUT2D eigenvalue weighted by molar-refractivity contribution is 0.258. The molecule has 1 fully saturated rings. The molecule has 0 amide bonds. The quantitative estimate of drug-likeness (QED) is 0.638. The summed E-state index contributed by atoms with van der Waals surface area (Å²) in [6.45, 7) is 5.98. The third-order valence-electron chi connectivity index (χ3n) is 5.39. The van der Waals surface area contributed by atoms with Crippen molar-refractivity contribution in [2.45, 2.75) is 63.4 Å². The van der Waals surface area contributed by atoms with Gasteiger partial charge < -0.3 is 8.94 Å². The molecule has 1 saturated heterocycles. The first kappa shape index (κ1) is 19.9. The number of fused-ring (bicyclic) bond motifs is 1. The molecule has 0 radical (unpaired) electrons. The summed E-state index contributed by atoms with van der Waals surface area (Å²) in [6.07, 6.45) is 3.33. The van der Waals surface area contributed by atoms with E-state index in [2.05, 4.69) is 5.16 Å². The molecule has 1 aliphatic rings. The zero-order chi connectivity index (χ0) is 20.8. The second-order valence-electron chi connectivity index (χ2n) is 7.81. The van der Waals surface area contributed by atoms with Crippen LogP contribution in [0.3, 0.4) is 0 Å². The summed E-state index contributed by atoms with van der Waals surface area (Å²) < 4.78 is 40.8. The van der Waals surface area contributed by atoms with Gasteiger partial charge in [-0.15, -0.1) is 0 Å². The van der Waals surface area contributed by atoms with Crippen LogP contribution < -0.4 is 5.76 Å². The van der Waals surface area contributed by atoms with E-state index in [1.54, 1.807) is 18.2 Å². The molecule has 1 atom stereocenters. The van der Waals surface area contributed by atoms with Crippen LogP contribution in [0.5, 0.6) is 0 Å². The Morgan fingerprint density at radius 1 is 1.17 bits per heavy atom. The lowest BCUT2D eigenvalue weighted by Crippen LogP contribution is -2.34. The Kier molecular flexibility index (Phi) is 5.12. The number of nitrogens with zero attached hydrogens (tertiary/aromatic N) is 3. The zero-order valence-electron chi connectivity index (χ0n) is 16.8. The monoisotopic (exact) mass is 419 g/mol. The normalized spacial score (nSPS) is 19.1. The van der Waals surface area contributed by atoms with Gasteiger partial charge in [-0.3, -0.25) is 4.57 Å². The Labute approximate surface area is 169 Å². The van der Waals surface area contributed by atoms with Crippen molar-refractivity contribution in [2.75, 3.05) is 6.54 Å². The molecule has 0 spiro atoms. The highest BCUT2D eigenvalue weighted by molar-refractivity contribution is 7.89. The molecular formula is C20H25N3O5S. The molecule has 2 aromatic heterocycles. The van der Waals surface area contributed by atoms with E-state index in [9.17, 15) is 13.2 Å². The first-order chi connectivity index (χ1) is 13.8. The Morgan fingerprint density at radius 2 is 1.97 bits per heavy atom. The lowest BCUT2D eigenvalue weighted by atomic mass is 10.1.